The fourth-order valence-electron chi connectivity index (χ4n) is 0.416. The second-order valence-electron chi connectivity index (χ2n) is 4.67. The first-order valence-corrected chi connectivity index (χ1v) is 4.33. The third-order valence-electron chi connectivity index (χ3n) is 1.56. The zero-order chi connectivity index (χ0) is 11.6. The minimum absolute atomic E-state index is 0.588. The molecule has 0 spiro atoms. The Morgan fingerprint density at radius 2 is 1.64 bits per heavy atom. The summed E-state index contributed by atoms with van der Waals surface area (Å²) in [6, 6.07) is 0. The summed E-state index contributed by atoms with van der Waals surface area (Å²) < 4.78 is 0. The van der Waals surface area contributed by atoms with Crippen LogP contribution in [0.15, 0.2) is 0 Å². The van der Waals surface area contributed by atoms with Crippen molar-refractivity contribution < 1.29 is 24.8 Å². The SMILES string of the molecule is CC(C)(C)OOC(O)C(C)(C)C(=O)O. The first kappa shape index (κ1) is 13.4. The van der Waals surface area contributed by atoms with Gasteiger partial charge in [-0.25, -0.2) is 9.78 Å². The van der Waals surface area contributed by atoms with Crippen molar-refractivity contribution in [3.05, 3.63) is 0 Å². The molecule has 5 heteroatoms. The molecule has 0 saturated carbocycles. The highest BCUT2D eigenvalue weighted by Gasteiger charge is 2.38. The average molecular weight is 206 g/mol. The van der Waals surface area contributed by atoms with Crippen molar-refractivity contribution >= 4 is 5.97 Å². The first-order chi connectivity index (χ1) is 6.07. The van der Waals surface area contributed by atoms with E-state index in [0.717, 1.165) is 0 Å². The zero-order valence-corrected chi connectivity index (χ0v) is 9.20. The van der Waals surface area contributed by atoms with Crippen LogP contribution in [-0.2, 0) is 14.6 Å². The summed E-state index contributed by atoms with van der Waals surface area (Å²) in [5, 5.41) is 18.1. The molecule has 84 valence electrons. The number of carboxylic acids is 1. The second kappa shape index (κ2) is 4.25. The topological polar surface area (TPSA) is 76.0 Å². The maximum Gasteiger partial charge on any atom is 0.314 e. The normalized spacial score (nSPS) is 15.3. The lowest BCUT2D eigenvalue weighted by atomic mass is 9.93. The van der Waals surface area contributed by atoms with E-state index in [0.29, 0.717) is 0 Å². The quantitative estimate of drug-likeness (QED) is 0.410. The molecule has 0 aliphatic heterocycles. The largest absolute Gasteiger partial charge is 0.481 e. The predicted octanol–water partition coefficient (Wildman–Crippen LogP) is 1.16. The van der Waals surface area contributed by atoms with Crippen molar-refractivity contribution in [2.24, 2.45) is 5.41 Å². The summed E-state index contributed by atoms with van der Waals surface area (Å²) in [5.41, 5.74) is -1.99. The van der Waals surface area contributed by atoms with Crippen molar-refractivity contribution in [3.8, 4) is 0 Å². The standard InChI is InChI=1S/C9H18O5/c1-8(2,3)14-13-7(12)9(4,5)6(10)11/h7,12H,1-5H3,(H,10,11). The van der Waals surface area contributed by atoms with Crippen LogP contribution in [0.25, 0.3) is 0 Å². The van der Waals surface area contributed by atoms with Gasteiger partial charge >= 0.3 is 5.97 Å². The van der Waals surface area contributed by atoms with Crippen LogP contribution in [0, 0.1) is 5.41 Å². The lowest BCUT2D eigenvalue weighted by Crippen LogP contribution is -2.40. The molecule has 1 atom stereocenters. The van der Waals surface area contributed by atoms with Crippen molar-refractivity contribution in [1.82, 2.24) is 0 Å². The van der Waals surface area contributed by atoms with Crippen LogP contribution in [0.4, 0.5) is 0 Å². The van der Waals surface area contributed by atoms with E-state index < -0.39 is 23.3 Å². The minimum atomic E-state index is -1.50. The molecule has 0 aliphatic rings. The molecule has 0 aromatic rings. The van der Waals surface area contributed by atoms with Gasteiger partial charge in [-0.2, -0.15) is 0 Å². The summed E-state index contributed by atoms with van der Waals surface area (Å²) in [7, 11) is 0. The Morgan fingerprint density at radius 1 is 1.21 bits per heavy atom. The highest BCUT2D eigenvalue weighted by molar-refractivity contribution is 5.74. The Balaban J connectivity index is 4.22. The number of rotatable bonds is 4. The van der Waals surface area contributed by atoms with Crippen LogP contribution in [0.1, 0.15) is 34.6 Å². The molecule has 0 aromatic carbocycles. The number of aliphatic hydroxyl groups excluding tert-OH is 1. The molecule has 0 aromatic heterocycles. The smallest absolute Gasteiger partial charge is 0.314 e. The van der Waals surface area contributed by atoms with Crippen molar-refractivity contribution in [1.29, 1.82) is 0 Å². The fraction of sp³-hybridized carbons (Fsp3) is 0.889. The molecule has 0 bridgehead atoms. The van der Waals surface area contributed by atoms with E-state index in [4.69, 9.17) is 9.99 Å². The van der Waals surface area contributed by atoms with Gasteiger partial charge in [0.05, 0.1) is 5.60 Å². The fourth-order valence-corrected chi connectivity index (χ4v) is 0.416. The molecule has 0 heterocycles. The second-order valence-corrected chi connectivity index (χ2v) is 4.67. The van der Waals surface area contributed by atoms with E-state index in [1.165, 1.54) is 13.8 Å². The number of aliphatic carboxylic acids is 1. The van der Waals surface area contributed by atoms with Gasteiger partial charge in [-0.15, -0.1) is 0 Å². The lowest BCUT2D eigenvalue weighted by Gasteiger charge is -2.27. The van der Waals surface area contributed by atoms with Gasteiger partial charge in [-0.3, -0.25) is 4.79 Å². The molecule has 5 nitrogen and oxygen atoms in total. The molecule has 2 N–H and O–H groups in total. The molecule has 0 aliphatic carbocycles. The van der Waals surface area contributed by atoms with Crippen molar-refractivity contribution in [3.63, 3.8) is 0 Å². The number of carboxylic acid groups (broad SMARTS) is 1. The Kier molecular flexibility index (Phi) is 4.05. The first-order valence-electron chi connectivity index (χ1n) is 4.33. The molecular formula is C9H18O5. The summed E-state index contributed by atoms with van der Waals surface area (Å²) in [6.45, 7) is 7.90. The van der Waals surface area contributed by atoms with Crippen LogP contribution in [0.3, 0.4) is 0 Å². The van der Waals surface area contributed by atoms with E-state index >= 15 is 0 Å². The summed E-state index contributed by atoms with van der Waals surface area (Å²) >= 11 is 0. The van der Waals surface area contributed by atoms with Gasteiger partial charge < -0.3 is 10.2 Å². The third-order valence-corrected chi connectivity index (χ3v) is 1.56. The van der Waals surface area contributed by atoms with Crippen molar-refractivity contribution in [2.45, 2.75) is 46.5 Å². The zero-order valence-electron chi connectivity index (χ0n) is 9.20. The van der Waals surface area contributed by atoms with E-state index in [9.17, 15) is 9.90 Å². The van der Waals surface area contributed by atoms with Gasteiger partial charge in [0.15, 0.2) is 0 Å². The maximum absolute atomic E-state index is 10.7. The van der Waals surface area contributed by atoms with Gasteiger partial charge in [0.25, 0.3) is 0 Å². The molecule has 1 unspecified atom stereocenters. The molecule has 0 amide bonds. The molecule has 0 saturated heterocycles. The number of aliphatic hydroxyl groups is 1. The van der Waals surface area contributed by atoms with E-state index in [1.54, 1.807) is 20.8 Å². The number of carbonyl (C=O) groups is 1. The van der Waals surface area contributed by atoms with Gasteiger partial charge in [0.1, 0.15) is 5.41 Å². The maximum atomic E-state index is 10.7. The van der Waals surface area contributed by atoms with Gasteiger partial charge in [0.2, 0.25) is 6.29 Å². The summed E-state index contributed by atoms with van der Waals surface area (Å²) in [6.07, 6.45) is -1.50. The lowest BCUT2D eigenvalue weighted by molar-refractivity contribution is -0.424. The Bertz CT molecular complexity index is 204. The van der Waals surface area contributed by atoms with E-state index in [2.05, 4.69) is 4.89 Å². The minimum Gasteiger partial charge on any atom is -0.481 e. The van der Waals surface area contributed by atoms with Crippen LogP contribution in [-0.4, -0.2) is 28.1 Å². The van der Waals surface area contributed by atoms with Crippen LogP contribution < -0.4 is 0 Å². The molecule has 14 heavy (non-hydrogen) atoms. The van der Waals surface area contributed by atoms with Crippen LogP contribution in [0.5, 0.6) is 0 Å². The molecule has 0 fully saturated rings. The van der Waals surface area contributed by atoms with Gasteiger partial charge in [-0.1, -0.05) is 0 Å². The Morgan fingerprint density at radius 3 is 1.93 bits per heavy atom. The van der Waals surface area contributed by atoms with Gasteiger partial charge in [-0.05, 0) is 34.6 Å². The van der Waals surface area contributed by atoms with E-state index in [1.807, 2.05) is 0 Å². The molecular weight excluding hydrogens is 188 g/mol. The summed E-state index contributed by atoms with van der Waals surface area (Å²) in [5.74, 6) is -1.15. The van der Waals surface area contributed by atoms with Gasteiger partial charge in [0, 0.05) is 0 Å². The van der Waals surface area contributed by atoms with E-state index in [-0.39, 0.29) is 0 Å². The van der Waals surface area contributed by atoms with Crippen LogP contribution >= 0.6 is 0 Å². The average Bonchev–Trinajstić information content (AvgIpc) is 1.98. The third kappa shape index (κ3) is 4.04. The predicted molar refractivity (Wildman–Crippen MR) is 49.3 cm³/mol. The van der Waals surface area contributed by atoms with Crippen molar-refractivity contribution in [2.75, 3.05) is 0 Å². The van der Waals surface area contributed by atoms with Crippen LogP contribution in [0.2, 0.25) is 0 Å². The Hall–Kier alpha value is -0.650. The highest BCUT2D eigenvalue weighted by atomic mass is 17.2. The highest BCUT2D eigenvalue weighted by Crippen LogP contribution is 2.23. The number of hydrogen-bond donors (Lipinski definition) is 2. The molecule has 0 radical (unpaired) electrons. The monoisotopic (exact) mass is 206 g/mol. The Labute approximate surface area is 83.6 Å². The summed E-state index contributed by atoms with van der Waals surface area (Å²) in [4.78, 5) is 20.1. The number of hydrogen-bond acceptors (Lipinski definition) is 4. The molecule has 0 rings (SSSR count).